The molecule has 1 saturated carbocycles. The molecule has 0 heterocycles. The molecule has 0 aliphatic heterocycles. The van der Waals surface area contributed by atoms with E-state index in [1.54, 1.807) is 0 Å². The van der Waals surface area contributed by atoms with Crippen molar-refractivity contribution >= 4 is 11.6 Å². The largest absolute Gasteiger partial charge is 0.487 e. The zero-order chi connectivity index (χ0) is 13.0. The summed E-state index contributed by atoms with van der Waals surface area (Å²) in [7, 11) is 0. The minimum Gasteiger partial charge on any atom is -0.487 e. The summed E-state index contributed by atoms with van der Waals surface area (Å²) in [5.74, 6) is 0.793. The van der Waals surface area contributed by atoms with Gasteiger partial charge >= 0.3 is 0 Å². The molecular weight excluding hydrogens is 246 g/mol. The van der Waals surface area contributed by atoms with Gasteiger partial charge in [0.1, 0.15) is 12.4 Å². The fraction of sp³-hybridized carbons (Fsp3) is 0.467. The molecule has 1 fully saturated rings. The normalized spacial score (nSPS) is 14.6. The van der Waals surface area contributed by atoms with E-state index in [0.29, 0.717) is 17.7 Å². The van der Waals surface area contributed by atoms with Crippen LogP contribution in [-0.2, 0) is 6.54 Å². The Balaban J connectivity index is 2.02. The summed E-state index contributed by atoms with van der Waals surface area (Å²) in [5.41, 5.74) is 2.20. The molecular formula is C15H20ClNO. The van der Waals surface area contributed by atoms with Crippen LogP contribution >= 0.6 is 11.6 Å². The lowest BCUT2D eigenvalue weighted by atomic mass is 10.2. The quantitative estimate of drug-likeness (QED) is 0.754. The van der Waals surface area contributed by atoms with Gasteiger partial charge < -0.3 is 10.1 Å². The van der Waals surface area contributed by atoms with Crippen LogP contribution in [0.2, 0.25) is 5.02 Å². The van der Waals surface area contributed by atoms with Gasteiger partial charge in [-0.25, -0.2) is 0 Å². The summed E-state index contributed by atoms with van der Waals surface area (Å²) in [6, 6.07) is 6.58. The highest BCUT2D eigenvalue weighted by Gasteiger charge is 2.21. The molecule has 1 aliphatic rings. The zero-order valence-electron chi connectivity index (χ0n) is 10.8. The molecule has 0 unspecified atom stereocenters. The standard InChI is InChI=1S/C15H20ClNO/c1-3-11(2)10-18-15-12(5-4-6-14(15)16)9-17-13-7-8-13/h4-6,13,17H,2-3,7-10H2,1H3. The maximum atomic E-state index is 6.20. The summed E-state index contributed by atoms with van der Waals surface area (Å²) in [4.78, 5) is 0. The smallest absolute Gasteiger partial charge is 0.142 e. The SMILES string of the molecule is C=C(CC)COc1c(Cl)cccc1CNC1CC1. The Labute approximate surface area is 114 Å². The molecule has 0 atom stereocenters. The molecule has 3 heteroatoms. The Kier molecular flexibility index (Phi) is 4.67. The summed E-state index contributed by atoms with van der Waals surface area (Å²) in [5, 5.41) is 4.16. The lowest BCUT2D eigenvalue weighted by Gasteiger charge is -2.14. The van der Waals surface area contributed by atoms with Crippen LogP contribution in [0.4, 0.5) is 0 Å². The van der Waals surface area contributed by atoms with Gasteiger partial charge in [0.15, 0.2) is 0 Å². The highest BCUT2D eigenvalue weighted by atomic mass is 35.5. The number of hydrogen-bond donors (Lipinski definition) is 1. The second kappa shape index (κ2) is 6.26. The van der Waals surface area contributed by atoms with Crippen molar-refractivity contribution in [2.24, 2.45) is 0 Å². The first-order valence-corrected chi connectivity index (χ1v) is 6.88. The highest BCUT2D eigenvalue weighted by molar-refractivity contribution is 6.32. The van der Waals surface area contributed by atoms with Crippen molar-refractivity contribution in [1.29, 1.82) is 0 Å². The number of halogens is 1. The van der Waals surface area contributed by atoms with E-state index >= 15 is 0 Å². The van der Waals surface area contributed by atoms with E-state index in [4.69, 9.17) is 16.3 Å². The predicted molar refractivity (Wildman–Crippen MR) is 76.2 cm³/mol. The molecule has 0 radical (unpaired) electrons. The van der Waals surface area contributed by atoms with Crippen molar-refractivity contribution < 1.29 is 4.74 Å². The van der Waals surface area contributed by atoms with E-state index < -0.39 is 0 Å². The number of rotatable bonds is 7. The molecule has 0 amide bonds. The molecule has 0 saturated heterocycles. The minimum atomic E-state index is 0.538. The number of nitrogens with one attached hydrogen (secondary N) is 1. The van der Waals surface area contributed by atoms with Crippen molar-refractivity contribution in [3.63, 3.8) is 0 Å². The monoisotopic (exact) mass is 265 g/mol. The van der Waals surface area contributed by atoms with Gasteiger partial charge in [-0.1, -0.05) is 37.2 Å². The summed E-state index contributed by atoms with van der Waals surface area (Å²) >= 11 is 6.20. The molecule has 18 heavy (non-hydrogen) atoms. The lowest BCUT2D eigenvalue weighted by molar-refractivity contribution is 0.344. The summed E-state index contributed by atoms with van der Waals surface area (Å²) < 4.78 is 5.80. The van der Waals surface area contributed by atoms with Crippen LogP contribution in [-0.4, -0.2) is 12.6 Å². The van der Waals surface area contributed by atoms with E-state index in [-0.39, 0.29) is 0 Å². The molecule has 2 nitrogen and oxygen atoms in total. The van der Waals surface area contributed by atoms with E-state index in [1.165, 1.54) is 12.8 Å². The molecule has 98 valence electrons. The van der Waals surface area contributed by atoms with Crippen LogP contribution in [0.25, 0.3) is 0 Å². The Hall–Kier alpha value is -0.990. The van der Waals surface area contributed by atoms with Gasteiger partial charge in [0.25, 0.3) is 0 Å². The molecule has 1 aromatic carbocycles. The minimum absolute atomic E-state index is 0.538. The average Bonchev–Trinajstić information content (AvgIpc) is 3.18. The Morgan fingerprint density at radius 3 is 2.94 bits per heavy atom. The second-order valence-electron chi connectivity index (χ2n) is 4.78. The number of benzene rings is 1. The van der Waals surface area contributed by atoms with Crippen molar-refractivity contribution in [2.45, 2.75) is 38.8 Å². The molecule has 0 aromatic heterocycles. The fourth-order valence-electron chi connectivity index (χ4n) is 1.67. The van der Waals surface area contributed by atoms with Crippen molar-refractivity contribution in [2.75, 3.05) is 6.61 Å². The summed E-state index contributed by atoms with van der Waals surface area (Å²) in [6.07, 6.45) is 3.49. The molecule has 2 rings (SSSR count). The zero-order valence-corrected chi connectivity index (χ0v) is 11.6. The van der Waals surface area contributed by atoms with E-state index in [1.807, 2.05) is 12.1 Å². The maximum Gasteiger partial charge on any atom is 0.142 e. The first kappa shape index (κ1) is 13.4. The van der Waals surface area contributed by atoms with E-state index in [2.05, 4.69) is 24.9 Å². The average molecular weight is 266 g/mol. The predicted octanol–water partition coefficient (Wildman–Crippen LogP) is 3.94. The number of para-hydroxylation sites is 1. The fourth-order valence-corrected chi connectivity index (χ4v) is 1.92. The Morgan fingerprint density at radius 2 is 2.28 bits per heavy atom. The van der Waals surface area contributed by atoms with Gasteiger partial charge in [-0.3, -0.25) is 0 Å². The topological polar surface area (TPSA) is 21.3 Å². The molecule has 0 spiro atoms. The van der Waals surface area contributed by atoms with Crippen molar-refractivity contribution in [1.82, 2.24) is 5.32 Å². The summed E-state index contributed by atoms with van der Waals surface area (Å²) in [6.45, 7) is 7.38. The molecule has 1 aliphatic carbocycles. The van der Waals surface area contributed by atoms with Crippen LogP contribution in [0.5, 0.6) is 5.75 Å². The third-order valence-electron chi connectivity index (χ3n) is 3.13. The lowest BCUT2D eigenvalue weighted by Crippen LogP contribution is -2.16. The van der Waals surface area contributed by atoms with Gasteiger partial charge in [0.05, 0.1) is 5.02 Å². The highest BCUT2D eigenvalue weighted by Crippen LogP contribution is 2.30. The van der Waals surface area contributed by atoms with Gasteiger partial charge in [0, 0.05) is 18.2 Å². The molecule has 1 N–H and O–H groups in total. The Morgan fingerprint density at radius 1 is 1.50 bits per heavy atom. The van der Waals surface area contributed by atoms with Crippen LogP contribution in [0.3, 0.4) is 0 Å². The molecule has 1 aromatic rings. The van der Waals surface area contributed by atoms with Gasteiger partial charge in [-0.2, -0.15) is 0 Å². The van der Waals surface area contributed by atoms with Crippen molar-refractivity contribution in [3.8, 4) is 5.75 Å². The van der Waals surface area contributed by atoms with Gasteiger partial charge in [-0.15, -0.1) is 0 Å². The Bertz CT molecular complexity index is 427. The van der Waals surface area contributed by atoms with Crippen molar-refractivity contribution in [3.05, 3.63) is 40.9 Å². The van der Waals surface area contributed by atoms with E-state index in [9.17, 15) is 0 Å². The van der Waals surface area contributed by atoms with Crippen LogP contribution in [0.1, 0.15) is 31.7 Å². The van der Waals surface area contributed by atoms with Crippen LogP contribution < -0.4 is 10.1 Å². The third-order valence-corrected chi connectivity index (χ3v) is 3.43. The van der Waals surface area contributed by atoms with E-state index in [0.717, 1.165) is 29.9 Å². The second-order valence-corrected chi connectivity index (χ2v) is 5.18. The maximum absolute atomic E-state index is 6.20. The first-order chi connectivity index (χ1) is 8.70. The van der Waals surface area contributed by atoms with Gasteiger partial charge in [0.2, 0.25) is 0 Å². The van der Waals surface area contributed by atoms with Crippen LogP contribution in [0.15, 0.2) is 30.4 Å². The molecule has 0 bridgehead atoms. The van der Waals surface area contributed by atoms with Crippen LogP contribution in [0, 0.1) is 0 Å². The first-order valence-electron chi connectivity index (χ1n) is 6.51. The third kappa shape index (κ3) is 3.76. The van der Waals surface area contributed by atoms with Gasteiger partial charge in [-0.05, 0) is 30.9 Å². The number of hydrogen-bond acceptors (Lipinski definition) is 2. The number of ether oxygens (including phenoxy) is 1.